The fraction of sp³-hybridized carbons (Fsp3) is 0.267. The van der Waals surface area contributed by atoms with Crippen molar-refractivity contribution in [1.82, 2.24) is 14.9 Å². The summed E-state index contributed by atoms with van der Waals surface area (Å²) in [5.74, 6) is 1.08. The van der Waals surface area contributed by atoms with Gasteiger partial charge in [0.15, 0.2) is 0 Å². The highest BCUT2D eigenvalue weighted by atomic mass is 16.5. The first-order chi connectivity index (χ1) is 9.78. The van der Waals surface area contributed by atoms with Crippen LogP contribution in [0.1, 0.15) is 16.8 Å². The van der Waals surface area contributed by atoms with E-state index >= 15 is 0 Å². The number of aromatic nitrogens is 2. The topological polar surface area (TPSA) is 62.0 Å². The lowest BCUT2D eigenvalue weighted by Gasteiger charge is -2.25. The van der Waals surface area contributed by atoms with Gasteiger partial charge in [0.25, 0.3) is 0 Å². The summed E-state index contributed by atoms with van der Waals surface area (Å²) in [4.78, 5) is 10.7. The van der Waals surface area contributed by atoms with Crippen LogP contribution in [0.25, 0.3) is 0 Å². The van der Waals surface area contributed by atoms with E-state index in [4.69, 9.17) is 10.00 Å². The van der Waals surface area contributed by atoms with Crippen LogP contribution in [-0.2, 0) is 13.0 Å². The molecule has 1 aromatic carbocycles. The summed E-state index contributed by atoms with van der Waals surface area (Å²) in [5.41, 5.74) is 2.54. The third kappa shape index (κ3) is 2.33. The van der Waals surface area contributed by atoms with Crippen molar-refractivity contribution in [3.8, 4) is 17.7 Å². The van der Waals surface area contributed by atoms with Gasteiger partial charge in [-0.3, -0.25) is 0 Å². The highest BCUT2D eigenvalue weighted by molar-refractivity contribution is 5.45. The largest absolute Gasteiger partial charge is 0.437 e. The third-order valence-electron chi connectivity index (χ3n) is 3.37. The van der Waals surface area contributed by atoms with E-state index in [0.29, 0.717) is 17.2 Å². The van der Waals surface area contributed by atoms with E-state index in [2.05, 4.69) is 28.0 Å². The molecule has 1 aliphatic rings. The Labute approximate surface area is 117 Å². The number of para-hydroxylation sites is 1. The lowest BCUT2D eigenvalue weighted by Crippen LogP contribution is -2.27. The summed E-state index contributed by atoms with van der Waals surface area (Å²) in [6.07, 6.45) is 2.42. The van der Waals surface area contributed by atoms with Crippen LogP contribution in [0.15, 0.2) is 30.6 Å². The second-order valence-electron chi connectivity index (χ2n) is 4.80. The average molecular weight is 266 g/mol. The second-order valence-corrected chi connectivity index (χ2v) is 4.80. The molecule has 100 valence electrons. The Bertz CT molecular complexity index is 678. The van der Waals surface area contributed by atoms with Gasteiger partial charge in [0.05, 0.1) is 16.8 Å². The SMILES string of the molecule is CN1CCc2ncnc(Oc3ccccc3C#N)c2C1. The molecule has 0 saturated heterocycles. The molecule has 0 bridgehead atoms. The van der Waals surface area contributed by atoms with Crippen LogP contribution < -0.4 is 4.74 Å². The zero-order valence-corrected chi connectivity index (χ0v) is 11.2. The predicted octanol–water partition coefficient (Wildman–Crippen LogP) is 2.13. The Balaban J connectivity index is 1.98. The maximum absolute atomic E-state index is 9.11. The second kappa shape index (κ2) is 5.27. The zero-order chi connectivity index (χ0) is 13.9. The van der Waals surface area contributed by atoms with Gasteiger partial charge in [-0.15, -0.1) is 0 Å². The van der Waals surface area contributed by atoms with Gasteiger partial charge >= 0.3 is 0 Å². The lowest BCUT2D eigenvalue weighted by atomic mass is 10.1. The molecule has 1 aromatic heterocycles. The quantitative estimate of drug-likeness (QED) is 0.833. The van der Waals surface area contributed by atoms with Crippen molar-refractivity contribution in [2.24, 2.45) is 0 Å². The van der Waals surface area contributed by atoms with Gasteiger partial charge in [-0.1, -0.05) is 12.1 Å². The van der Waals surface area contributed by atoms with Gasteiger partial charge < -0.3 is 9.64 Å². The van der Waals surface area contributed by atoms with Crippen molar-refractivity contribution >= 4 is 0 Å². The molecule has 3 rings (SSSR count). The van der Waals surface area contributed by atoms with Crippen LogP contribution >= 0.6 is 0 Å². The number of fused-ring (bicyclic) bond motifs is 1. The van der Waals surface area contributed by atoms with Crippen molar-refractivity contribution < 1.29 is 4.74 Å². The minimum absolute atomic E-state index is 0.504. The van der Waals surface area contributed by atoms with Gasteiger partial charge in [-0.2, -0.15) is 5.26 Å². The minimum atomic E-state index is 0.504. The molecule has 5 heteroatoms. The summed E-state index contributed by atoms with van der Waals surface area (Å²) in [5, 5.41) is 9.11. The van der Waals surface area contributed by atoms with Crippen molar-refractivity contribution in [2.75, 3.05) is 13.6 Å². The molecule has 0 fully saturated rings. The highest BCUT2D eigenvalue weighted by Gasteiger charge is 2.20. The third-order valence-corrected chi connectivity index (χ3v) is 3.37. The smallest absolute Gasteiger partial charge is 0.227 e. The van der Waals surface area contributed by atoms with E-state index in [-0.39, 0.29) is 0 Å². The van der Waals surface area contributed by atoms with Crippen LogP contribution in [0.5, 0.6) is 11.6 Å². The van der Waals surface area contributed by atoms with E-state index in [1.54, 1.807) is 12.1 Å². The molecular formula is C15H14N4O. The van der Waals surface area contributed by atoms with Gasteiger partial charge in [0, 0.05) is 19.5 Å². The number of likely N-dealkylation sites (N-methyl/N-ethyl adjacent to an activating group) is 1. The van der Waals surface area contributed by atoms with Crippen LogP contribution in [0.3, 0.4) is 0 Å². The van der Waals surface area contributed by atoms with Crippen molar-refractivity contribution in [3.05, 3.63) is 47.4 Å². The fourth-order valence-electron chi connectivity index (χ4n) is 2.29. The standard InChI is InChI=1S/C15H14N4O/c1-19-7-6-13-12(9-19)15(18-10-17-13)20-14-5-3-2-4-11(14)8-16/h2-5,10H,6-7,9H2,1H3. The average Bonchev–Trinajstić information content (AvgIpc) is 2.48. The highest BCUT2D eigenvalue weighted by Crippen LogP contribution is 2.29. The fourth-order valence-corrected chi connectivity index (χ4v) is 2.29. The summed E-state index contributed by atoms with van der Waals surface area (Å²) in [7, 11) is 2.06. The van der Waals surface area contributed by atoms with Gasteiger partial charge in [-0.05, 0) is 19.2 Å². The number of hydrogen-bond acceptors (Lipinski definition) is 5. The van der Waals surface area contributed by atoms with Gasteiger partial charge in [-0.25, -0.2) is 9.97 Å². The van der Waals surface area contributed by atoms with Crippen LogP contribution in [0.2, 0.25) is 0 Å². The molecule has 1 aliphatic heterocycles. The Morgan fingerprint density at radius 3 is 3.00 bits per heavy atom. The molecule has 0 spiro atoms. The molecule has 0 N–H and O–H groups in total. The van der Waals surface area contributed by atoms with E-state index in [1.165, 1.54) is 6.33 Å². The first kappa shape index (κ1) is 12.6. The lowest BCUT2D eigenvalue weighted by molar-refractivity contribution is 0.300. The molecule has 0 saturated carbocycles. The molecule has 2 aromatic rings. The maximum Gasteiger partial charge on any atom is 0.227 e. The molecule has 0 atom stereocenters. The molecule has 0 radical (unpaired) electrons. The number of benzene rings is 1. The van der Waals surface area contributed by atoms with Crippen molar-refractivity contribution in [3.63, 3.8) is 0 Å². The minimum Gasteiger partial charge on any atom is -0.437 e. The summed E-state index contributed by atoms with van der Waals surface area (Å²) in [6, 6.07) is 9.29. The Morgan fingerprint density at radius 2 is 2.15 bits per heavy atom. The molecule has 0 aliphatic carbocycles. The van der Waals surface area contributed by atoms with Crippen LogP contribution in [0.4, 0.5) is 0 Å². The molecular weight excluding hydrogens is 252 g/mol. The van der Waals surface area contributed by atoms with Gasteiger partial charge in [0.1, 0.15) is 18.1 Å². The van der Waals surface area contributed by atoms with E-state index in [9.17, 15) is 0 Å². The number of nitrogens with zero attached hydrogens (tertiary/aromatic N) is 4. The summed E-state index contributed by atoms with van der Waals surface area (Å²) in [6.45, 7) is 1.75. The van der Waals surface area contributed by atoms with E-state index < -0.39 is 0 Å². The molecule has 2 heterocycles. The van der Waals surface area contributed by atoms with Crippen LogP contribution in [0, 0.1) is 11.3 Å². The first-order valence-corrected chi connectivity index (χ1v) is 6.46. The summed E-state index contributed by atoms with van der Waals surface area (Å²) < 4.78 is 5.85. The van der Waals surface area contributed by atoms with E-state index in [1.807, 2.05) is 12.1 Å². The van der Waals surface area contributed by atoms with Crippen molar-refractivity contribution in [2.45, 2.75) is 13.0 Å². The number of hydrogen-bond donors (Lipinski definition) is 0. The Morgan fingerprint density at radius 1 is 1.30 bits per heavy atom. The molecule has 5 nitrogen and oxygen atoms in total. The maximum atomic E-state index is 9.11. The molecule has 0 unspecified atom stereocenters. The normalized spacial score (nSPS) is 14.4. The number of rotatable bonds is 2. The predicted molar refractivity (Wildman–Crippen MR) is 73.3 cm³/mol. The Kier molecular flexibility index (Phi) is 3.32. The molecule has 20 heavy (non-hydrogen) atoms. The molecule has 0 amide bonds. The Hall–Kier alpha value is -2.45. The number of ether oxygens (including phenoxy) is 1. The van der Waals surface area contributed by atoms with Crippen LogP contribution in [-0.4, -0.2) is 28.5 Å². The first-order valence-electron chi connectivity index (χ1n) is 6.46. The summed E-state index contributed by atoms with van der Waals surface area (Å²) >= 11 is 0. The van der Waals surface area contributed by atoms with E-state index in [0.717, 1.165) is 30.8 Å². The zero-order valence-electron chi connectivity index (χ0n) is 11.2. The van der Waals surface area contributed by atoms with Gasteiger partial charge in [0.2, 0.25) is 5.88 Å². The monoisotopic (exact) mass is 266 g/mol. The van der Waals surface area contributed by atoms with Crippen molar-refractivity contribution in [1.29, 1.82) is 5.26 Å². The number of nitriles is 1.